The van der Waals surface area contributed by atoms with E-state index in [1.165, 1.54) is 6.20 Å². The van der Waals surface area contributed by atoms with Crippen molar-refractivity contribution in [1.82, 2.24) is 20.2 Å². The van der Waals surface area contributed by atoms with Crippen LogP contribution in [0, 0.1) is 5.92 Å². The minimum absolute atomic E-state index is 0.0877. The lowest BCUT2D eigenvalue weighted by Crippen LogP contribution is -2.54. The van der Waals surface area contributed by atoms with Gasteiger partial charge in [0.2, 0.25) is 11.8 Å². The third-order valence-corrected chi connectivity index (χ3v) is 7.59. The molecule has 1 unspecified atom stereocenters. The van der Waals surface area contributed by atoms with Crippen LogP contribution in [-0.4, -0.2) is 63.3 Å². The number of rotatable bonds is 7. The Morgan fingerprint density at radius 2 is 1.85 bits per heavy atom. The van der Waals surface area contributed by atoms with E-state index in [0.717, 1.165) is 34.5 Å². The van der Waals surface area contributed by atoms with Gasteiger partial charge in [0.15, 0.2) is 0 Å². The van der Waals surface area contributed by atoms with Gasteiger partial charge in [0.1, 0.15) is 6.04 Å². The van der Waals surface area contributed by atoms with Gasteiger partial charge in [0, 0.05) is 36.6 Å². The van der Waals surface area contributed by atoms with E-state index < -0.39 is 29.7 Å². The molecule has 6 rings (SSSR count). The lowest BCUT2D eigenvalue weighted by molar-refractivity contribution is -0.136. The molecule has 2 aromatic carbocycles. The molecule has 1 aromatic heterocycles. The summed E-state index contributed by atoms with van der Waals surface area (Å²) in [6.07, 6.45) is 6.95. The van der Waals surface area contributed by atoms with Crippen molar-refractivity contribution in [2.24, 2.45) is 16.6 Å². The number of nitrogens with one attached hydrogen (secondary N) is 2. The van der Waals surface area contributed by atoms with E-state index in [1.807, 2.05) is 24.3 Å². The molecular formula is C29H27N7O4. The highest BCUT2D eigenvalue weighted by Gasteiger charge is 2.44. The molecule has 11 heteroatoms. The fourth-order valence-corrected chi connectivity index (χ4v) is 5.31. The van der Waals surface area contributed by atoms with Crippen LogP contribution in [-0.2, 0) is 9.59 Å². The number of anilines is 1. The van der Waals surface area contributed by atoms with E-state index in [4.69, 9.17) is 5.73 Å². The number of nitrogens with zero attached hydrogens (tertiary/aromatic N) is 4. The molecule has 3 aromatic rings. The second-order valence-electron chi connectivity index (χ2n) is 10.2. The summed E-state index contributed by atoms with van der Waals surface area (Å²) in [4.78, 5) is 64.3. The number of aromatic nitrogens is 2. The largest absolute Gasteiger partial charge is 0.404 e. The van der Waals surface area contributed by atoms with Gasteiger partial charge in [-0.2, -0.15) is 0 Å². The average molecular weight is 538 g/mol. The SMILES string of the molecule is NC=C(C=NC1CC(CNc2ccc3c(c2)C(=O)N(C2CCC(=O)NC2=O)C3=O)C1)c1cnc2ccccc2n1. The Morgan fingerprint density at radius 1 is 1.07 bits per heavy atom. The molecule has 11 nitrogen and oxygen atoms in total. The number of amides is 4. The van der Waals surface area contributed by atoms with Gasteiger partial charge in [-0.1, -0.05) is 12.1 Å². The maximum atomic E-state index is 13.0. The molecule has 2 fully saturated rings. The molecule has 1 aliphatic carbocycles. The van der Waals surface area contributed by atoms with E-state index in [9.17, 15) is 19.2 Å². The Kier molecular flexibility index (Phi) is 6.54. The minimum atomic E-state index is -0.975. The van der Waals surface area contributed by atoms with Crippen LogP contribution in [0.15, 0.2) is 59.9 Å². The van der Waals surface area contributed by atoms with Crippen LogP contribution in [0.5, 0.6) is 0 Å². The second kappa shape index (κ2) is 10.3. The zero-order chi connectivity index (χ0) is 27.8. The first-order valence-corrected chi connectivity index (χ1v) is 13.2. The fourth-order valence-electron chi connectivity index (χ4n) is 5.31. The molecule has 1 atom stereocenters. The Balaban J connectivity index is 1.03. The van der Waals surface area contributed by atoms with Crippen molar-refractivity contribution in [3.8, 4) is 0 Å². The number of piperidine rings is 1. The average Bonchev–Trinajstić information content (AvgIpc) is 3.18. The van der Waals surface area contributed by atoms with Gasteiger partial charge in [-0.05, 0) is 55.5 Å². The third-order valence-electron chi connectivity index (χ3n) is 7.59. The van der Waals surface area contributed by atoms with Gasteiger partial charge < -0.3 is 11.1 Å². The van der Waals surface area contributed by atoms with Crippen molar-refractivity contribution in [2.45, 2.75) is 37.8 Å². The van der Waals surface area contributed by atoms with E-state index in [2.05, 4.69) is 25.6 Å². The number of imide groups is 2. The number of carbonyl (C=O) groups excluding carboxylic acids is 4. The number of aliphatic imine (C=N–C) groups is 1. The molecule has 4 N–H and O–H groups in total. The van der Waals surface area contributed by atoms with Crippen LogP contribution in [0.25, 0.3) is 16.6 Å². The summed E-state index contributed by atoms with van der Waals surface area (Å²) >= 11 is 0. The number of hydrogen-bond donors (Lipinski definition) is 3. The number of hydrogen-bond acceptors (Lipinski definition) is 9. The molecule has 202 valence electrons. The highest BCUT2D eigenvalue weighted by Crippen LogP contribution is 2.32. The number of fused-ring (bicyclic) bond motifs is 2. The Hall–Kier alpha value is -4.93. The first-order chi connectivity index (χ1) is 19.4. The van der Waals surface area contributed by atoms with Gasteiger partial charge in [-0.25, -0.2) is 4.98 Å². The fraction of sp³-hybridized carbons (Fsp3) is 0.276. The number of carbonyl (C=O) groups is 4. The quantitative estimate of drug-likeness (QED) is 0.306. The lowest BCUT2D eigenvalue weighted by Gasteiger charge is -2.33. The van der Waals surface area contributed by atoms with Gasteiger partial charge in [0.25, 0.3) is 11.8 Å². The molecule has 0 radical (unpaired) electrons. The number of para-hydroxylation sites is 2. The van der Waals surface area contributed by atoms with E-state index in [-0.39, 0.29) is 30.0 Å². The van der Waals surface area contributed by atoms with Crippen molar-refractivity contribution in [3.05, 3.63) is 71.7 Å². The maximum Gasteiger partial charge on any atom is 0.262 e. The van der Waals surface area contributed by atoms with Crippen LogP contribution < -0.4 is 16.4 Å². The highest BCUT2D eigenvalue weighted by molar-refractivity contribution is 6.23. The molecular weight excluding hydrogens is 510 g/mol. The zero-order valence-electron chi connectivity index (χ0n) is 21.5. The van der Waals surface area contributed by atoms with Gasteiger partial charge in [0.05, 0.1) is 40.1 Å². The molecule has 40 heavy (non-hydrogen) atoms. The molecule has 4 amide bonds. The summed E-state index contributed by atoms with van der Waals surface area (Å²) in [7, 11) is 0. The van der Waals surface area contributed by atoms with E-state index in [0.29, 0.717) is 23.7 Å². The third kappa shape index (κ3) is 4.70. The van der Waals surface area contributed by atoms with Gasteiger partial charge >= 0.3 is 0 Å². The predicted molar refractivity (Wildman–Crippen MR) is 148 cm³/mol. The van der Waals surface area contributed by atoms with Crippen LogP contribution in [0.3, 0.4) is 0 Å². The number of benzene rings is 2. The number of allylic oxidation sites excluding steroid dienone is 1. The predicted octanol–water partition coefficient (Wildman–Crippen LogP) is 2.29. The first-order valence-electron chi connectivity index (χ1n) is 13.2. The summed E-state index contributed by atoms with van der Waals surface area (Å²) in [6.45, 7) is 0.694. The molecule has 1 saturated carbocycles. The van der Waals surface area contributed by atoms with Crippen LogP contribution >= 0.6 is 0 Å². The van der Waals surface area contributed by atoms with Gasteiger partial charge in [-0.3, -0.25) is 39.4 Å². The normalized spacial score (nSPS) is 22.9. The minimum Gasteiger partial charge on any atom is -0.404 e. The summed E-state index contributed by atoms with van der Waals surface area (Å²) < 4.78 is 0. The van der Waals surface area contributed by atoms with Crippen molar-refractivity contribution in [2.75, 3.05) is 11.9 Å². The van der Waals surface area contributed by atoms with Crippen molar-refractivity contribution in [1.29, 1.82) is 0 Å². The monoisotopic (exact) mass is 537 g/mol. The smallest absolute Gasteiger partial charge is 0.262 e. The number of nitrogens with two attached hydrogens (primary N) is 1. The highest BCUT2D eigenvalue weighted by atomic mass is 16.2. The second-order valence-corrected chi connectivity index (χ2v) is 10.2. The topological polar surface area (TPSA) is 160 Å². The van der Waals surface area contributed by atoms with Crippen molar-refractivity contribution in [3.63, 3.8) is 0 Å². The molecule has 0 bridgehead atoms. The molecule has 2 aliphatic heterocycles. The van der Waals surface area contributed by atoms with Gasteiger partial charge in [-0.15, -0.1) is 0 Å². The van der Waals surface area contributed by atoms with Crippen LogP contribution in [0.4, 0.5) is 5.69 Å². The molecule has 3 aliphatic rings. The molecule has 1 saturated heterocycles. The summed E-state index contributed by atoms with van der Waals surface area (Å²) in [5.74, 6) is -1.65. The standard InChI is InChI=1S/C29H27N7O4/c30-12-17(24-15-33-22-3-1-2-4-23(22)34-24)14-32-19-9-16(10-19)13-31-18-5-6-20-21(11-18)29(40)36(28(20)39)25-7-8-26(37)35-27(25)38/h1-6,11-12,14-16,19,25,31H,7-10,13,30H2,(H,35,37,38). The Bertz CT molecular complexity index is 1610. The van der Waals surface area contributed by atoms with E-state index in [1.54, 1.807) is 30.6 Å². The Labute approximate surface area is 229 Å². The Morgan fingerprint density at radius 3 is 2.62 bits per heavy atom. The summed E-state index contributed by atoms with van der Waals surface area (Å²) in [6, 6.07) is 11.9. The first kappa shape index (κ1) is 25.4. The van der Waals surface area contributed by atoms with Crippen molar-refractivity contribution < 1.29 is 19.2 Å². The maximum absolute atomic E-state index is 13.0. The van der Waals surface area contributed by atoms with E-state index >= 15 is 0 Å². The van der Waals surface area contributed by atoms with Crippen LogP contribution in [0.1, 0.15) is 52.1 Å². The van der Waals surface area contributed by atoms with Crippen molar-refractivity contribution >= 4 is 52.1 Å². The molecule has 0 spiro atoms. The lowest BCUT2D eigenvalue weighted by atomic mass is 9.80. The summed E-state index contributed by atoms with van der Waals surface area (Å²) in [5, 5.41) is 5.56. The zero-order valence-corrected chi connectivity index (χ0v) is 21.5. The molecule has 3 heterocycles. The summed E-state index contributed by atoms with van der Waals surface area (Å²) in [5.41, 5.74) is 10.1. The van der Waals surface area contributed by atoms with Crippen LogP contribution in [0.2, 0.25) is 0 Å².